The van der Waals surface area contributed by atoms with Crippen molar-refractivity contribution in [1.29, 1.82) is 0 Å². The largest absolute Gasteiger partial charge is 0.476 e. The molecule has 0 aliphatic rings. The maximum atomic E-state index is 6.07. The first-order valence-corrected chi connectivity index (χ1v) is 7.74. The van der Waals surface area contributed by atoms with Gasteiger partial charge in [0.15, 0.2) is 0 Å². The zero-order valence-electron chi connectivity index (χ0n) is 12.5. The maximum absolute atomic E-state index is 6.07. The molecule has 0 saturated heterocycles. The number of methoxy groups -OCH3 is 1. The third kappa shape index (κ3) is 7.18. The normalized spacial score (nSPS) is 10.7. The molecule has 21 heavy (non-hydrogen) atoms. The van der Waals surface area contributed by atoms with Crippen LogP contribution in [0.2, 0.25) is 10.0 Å². The molecule has 0 atom stereocenters. The van der Waals surface area contributed by atoms with E-state index in [2.05, 4.69) is 17.2 Å². The third-order valence-corrected chi connectivity index (χ3v) is 3.10. The molecule has 0 bridgehead atoms. The molecule has 1 aromatic rings. The Kier molecular flexibility index (Phi) is 9.50. The fraction of sp³-hybridized carbons (Fsp3) is 0.643. The second-order valence-corrected chi connectivity index (χ2v) is 5.15. The van der Waals surface area contributed by atoms with Gasteiger partial charge in [-0.2, -0.15) is 4.98 Å². The number of hydrogen-bond donors (Lipinski definition) is 1. The molecule has 0 aromatic carbocycles. The van der Waals surface area contributed by atoms with Crippen molar-refractivity contribution >= 4 is 29.0 Å². The van der Waals surface area contributed by atoms with E-state index in [0.29, 0.717) is 48.2 Å². The lowest BCUT2D eigenvalue weighted by Crippen LogP contribution is -2.08. The Labute approximate surface area is 135 Å². The highest BCUT2D eigenvalue weighted by atomic mass is 35.5. The van der Waals surface area contributed by atoms with E-state index in [0.717, 1.165) is 19.4 Å². The van der Waals surface area contributed by atoms with Gasteiger partial charge in [0.25, 0.3) is 0 Å². The SMILES string of the molecule is CCCNc1nc(OCCCOCCOC)c(Cl)cc1Cl. The average Bonchev–Trinajstić information content (AvgIpc) is 2.47. The minimum Gasteiger partial charge on any atom is -0.476 e. The highest BCUT2D eigenvalue weighted by molar-refractivity contribution is 6.36. The first kappa shape index (κ1) is 18.3. The summed E-state index contributed by atoms with van der Waals surface area (Å²) in [6.07, 6.45) is 1.73. The number of halogens is 2. The van der Waals surface area contributed by atoms with Gasteiger partial charge < -0.3 is 19.5 Å². The monoisotopic (exact) mass is 336 g/mol. The number of nitrogens with one attached hydrogen (secondary N) is 1. The Balaban J connectivity index is 2.39. The quantitative estimate of drug-likeness (QED) is 0.625. The van der Waals surface area contributed by atoms with Crippen LogP contribution in [-0.4, -0.2) is 45.1 Å². The molecule has 0 fully saturated rings. The first-order valence-electron chi connectivity index (χ1n) is 6.98. The van der Waals surface area contributed by atoms with Crippen molar-refractivity contribution in [2.24, 2.45) is 0 Å². The second kappa shape index (κ2) is 10.9. The minimum atomic E-state index is 0.386. The fourth-order valence-electron chi connectivity index (χ4n) is 1.49. The lowest BCUT2D eigenvalue weighted by molar-refractivity contribution is 0.0642. The van der Waals surface area contributed by atoms with E-state index in [4.69, 9.17) is 37.4 Å². The van der Waals surface area contributed by atoms with Crippen molar-refractivity contribution in [3.8, 4) is 5.88 Å². The Morgan fingerprint density at radius 2 is 1.95 bits per heavy atom. The van der Waals surface area contributed by atoms with Gasteiger partial charge >= 0.3 is 0 Å². The number of nitrogens with zero attached hydrogens (tertiary/aromatic N) is 1. The molecule has 0 amide bonds. The van der Waals surface area contributed by atoms with Crippen LogP contribution < -0.4 is 10.1 Å². The predicted octanol–water partition coefficient (Wildman–Crippen LogP) is 3.64. The molecular formula is C14H22Cl2N2O3. The van der Waals surface area contributed by atoms with Crippen molar-refractivity contribution in [3.63, 3.8) is 0 Å². The molecule has 120 valence electrons. The van der Waals surface area contributed by atoms with Gasteiger partial charge in [0, 0.05) is 26.7 Å². The van der Waals surface area contributed by atoms with Crippen LogP contribution in [0.1, 0.15) is 19.8 Å². The van der Waals surface area contributed by atoms with Crippen LogP contribution >= 0.6 is 23.2 Å². The zero-order chi connectivity index (χ0) is 15.5. The van der Waals surface area contributed by atoms with Crippen molar-refractivity contribution in [2.75, 3.05) is 45.4 Å². The van der Waals surface area contributed by atoms with E-state index in [-0.39, 0.29) is 0 Å². The standard InChI is InChI=1S/C14H22Cl2N2O3/c1-3-5-17-13-11(15)10-12(16)14(18-13)21-7-4-6-20-9-8-19-2/h10H,3-9H2,1-2H3,(H,17,18). The van der Waals surface area contributed by atoms with Crippen LogP contribution in [0.4, 0.5) is 5.82 Å². The molecule has 0 saturated carbocycles. The topological polar surface area (TPSA) is 52.6 Å². The van der Waals surface area contributed by atoms with Gasteiger partial charge in [0.2, 0.25) is 5.88 Å². The summed E-state index contributed by atoms with van der Waals surface area (Å²) in [5.74, 6) is 0.978. The number of aromatic nitrogens is 1. The zero-order valence-corrected chi connectivity index (χ0v) is 14.0. The van der Waals surface area contributed by atoms with Crippen LogP contribution in [0, 0.1) is 0 Å². The molecule has 0 unspecified atom stereocenters. The predicted molar refractivity (Wildman–Crippen MR) is 85.8 cm³/mol. The van der Waals surface area contributed by atoms with Gasteiger partial charge in [-0.3, -0.25) is 0 Å². The molecule has 1 rings (SSSR count). The first-order chi connectivity index (χ1) is 10.2. The molecule has 1 heterocycles. The number of hydrogen-bond acceptors (Lipinski definition) is 5. The van der Waals surface area contributed by atoms with E-state index < -0.39 is 0 Å². The Morgan fingerprint density at radius 1 is 1.14 bits per heavy atom. The molecule has 1 aromatic heterocycles. The summed E-state index contributed by atoms with van der Waals surface area (Å²) in [5.41, 5.74) is 0. The van der Waals surface area contributed by atoms with Crippen molar-refractivity contribution in [3.05, 3.63) is 16.1 Å². The molecule has 0 aliphatic carbocycles. The van der Waals surface area contributed by atoms with Crippen molar-refractivity contribution in [1.82, 2.24) is 4.98 Å². The number of pyridine rings is 1. The van der Waals surface area contributed by atoms with Crippen molar-refractivity contribution in [2.45, 2.75) is 19.8 Å². The maximum Gasteiger partial charge on any atom is 0.234 e. The minimum absolute atomic E-state index is 0.386. The van der Waals surface area contributed by atoms with Gasteiger partial charge in [0.05, 0.1) is 24.8 Å². The highest BCUT2D eigenvalue weighted by Crippen LogP contribution is 2.30. The van der Waals surface area contributed by atoms with Crippen LogP contribution in [0.5, 0.6) is 5.88 Å². The average molecular weight is 337 g/mol. The number of ether oxygens (including phenoxy) is 3. The van der Waals surface area contributed by atoms with E-state index >= 15 is 0 Å². The van der Waals surface area contributed by atoms with Crippen LogP contribution in [-0.2, 0) is 9.47 Å². The van der Waals surface area contributed by atoms with E-state index in [1.807, 2.05) is 0 Å². The Bertz CT molecular complexity index is 419. The molecule has 0 radical (unpaired) electrons. The van der Waals surface area contributed by atoms with Gasteiger partial charge in [-0.1, -0.05) is 30.1 Å². The van der Waals surface area contributed by atoms with Gasteiger partial charge in [-0.25, -0.2) is 0 Å². The molecular weight excluding hydrogens is 315 g/mol. The van der Waals surface area contributed by atoms with Crippen LogP contribution in [0.25, 0.3) is 0 Å². The van der Waals surface area contributed by atoms with Crippen molar-refractivity contribution < 1.29 is 14.2 Å². The van der Waals surface area contributed by atoms with Crippen LogP contribution in [0.15, 0.2) is 6.07 Å². The van der Waals surface area contributed by atoms with E-state index in [1.54, 1.807) is 13.2 Å². The molecule has 0 spiro atoms. The van der Waals surface area contributed by atoms with Gasteiger partial charge in [-0.15, -0.1) is 0 Å². The Morgan fingerprint density at radius 3 is 2.67 bits per heavy atom. The number of anilines is 1. The fourth-order valence-corrected chi connectivity index (χ4v) is 1.97. The second-order valence-electron chi connectivity index (χ2n) is 4.34. The highest BCUT2D eigenvalue weighted by Gasteiger charge is 2.10. The van der Waals surface area contributed by atoms with Crippen LogP contribution in [0.3, 0.4) is 0 Å². The molecule has 1 N–H and O–H groups in total. The van der Waals surface area contributed by atoms with E-state index in [9.17, 15) is 0 Å². The summed E-state index contributed by atoms with van der Waals surface area (Å²) >= 11 is 12.1. The van der Waals surface area contributed by atoms with Gasteiger partial charge in [-0.05, 0) is 12.5 Å². The Hall–Kier alpha value is -0.750. The summed E-state index contributed by atoms with van der Waals surface area (Å²) in [6, 6.07) is 1.64. The van der Waals surface area contributed by atoms with Gasteiger partial charge in [0.1, 0.15) is 10.8 Å². The molecule has 0 aliphatic heterocycles. The summed E-state index contributed by atoms with van der Waals surface area (Å²) in [6.45, 7) is 5.13. The lowest BCUT2D eigenvalue weighted by Gasteiger charge is -2.11. The summed E-state index contributed by atoms with van der Waals surface area (Å²) in [4.78, 5) is 4.30. The summed E-state index contributed by atoms with van der Waals surface area (Å²) in [5, 5.41) is 4.03. The lowest BCUT2D eigenvalue weighted by atomic mass is 10.4. The molecule has 7 heteroatoms. The smallest absolute Gasteiger partial charge is 0.234 e. The van der Waals surface area contributed by atoms with E-state index in [1.165, 1.54) is 0 Å². The summed E-state index contributed by atoms with van der Waals surface area (Å²) < 4.78 is 15.8. The molecule has 5 nitrogen and oxygen atoms in total. The third-order valence-electron chi connectivity index (χ3n) is 2.54. The number of rotatable bonds is 11. The summed E-state index contributed by atoms with van der Waals surface area (Å²) in [7, 11) is 1.64.